The molecule has 0 bridgehead atoms. The van der Waals surface area contributed by atoms with Crippen molar-refractivity contribution in [3.8, 4) is 5.75 Å². The van der Waals surface area contributed by atoms with E-state index in [9.17, 15) is 9.59 Å². The molecule has 0 aliphatic rings. The maximum atomic E-state index is 11.2. The predicted molar refractivity (Wildman–Crippen MR) is 66.2 cm³/mol. The fourth-order valence-corrected chi connectivity index (χ4v) is 1.49. The lowest BCUT2D eigenvalue weighted by Gasteiger charge is -2.05. The smallest absolute Gasteiger partial charge is 0.337 e. The molecule has 0 spiro atoms. The first-order chi connectivity index (χ1) is 9.22. The van der Waals surface area contributed by atoms with E-state index in [2.05, 4.69) is 4.74 Å². The SMILES string of the molecule is COC(=O)c1ccc(OCc2ccc(C=O)o2)cc1. The van der Waals surface area contributed by atoms with Crippen molar-refractivity contribution in [2.75, 3.05) is 7.11 Å². The topological polar surface area (TPSA) is 65.7 Å². The summed E-state index contributed by atoms with van der Waals surface area (Å²) < 4.78 is 15.2. The molecule has 1 heterocycles. The highest BCUT2D eigenvalue weighted by Gasteiger charge is 2.05. The van der Waals surface area contributed by atoms with E-state index in [1.54, 1.807) is 36.4 Å². The molecule has 0 aliphatic heterocycles. The minimum Gasteiger partial charge on any atom is -0.486 e. The van der Waals surface area contributed by atoms with Gasteiger partial charge in [0.15, 0.2) is 12.0 Å². The molecule has 2 rings (SSSR count). The zero-order chi connectivity index (χ0) is 13.7. The molecule has 2 aromatic rings. The Morgan fingerprint density at radius 1 is 1.21 bits per heavy atom. The highest BCUT2D eigenvalue weighted by Crippen LogP contribution is 2.15. The number of rotatable bonds is 5. The van der Waals surface area contributed by atoms with E-state index in [0.717, 1.165) is 0 Å². The number of hydrogen-bond donors (Lipinski definition) is 0. The average molecular weight is 260 g/mol. The molecule has 19 heavy (non-hydrogen) atoms. The number of carbonyl (C=O) groups excluding carboxylic acids is 2. The quantitative estimate of drug-likeness (QED) is 0.610. The Bertz CT molecular complexity index is 568. The van der Waals surface area contributed by atoms with Crippen molar-refractivity contribution < 1.29 is 23.5 Å². The second-order valence-electron chi connectivity index (χ2n) is 3.73. The van der Waals surface area contributed by atoms with Crippen LogP contribution in [0.1, 0.15) is 26.7 Å². The van der Waals surface area contributed by atoms with Gasteiger partial charge in [-0.2, -0.15) is 0 Å². The van der Waals surface area contributed by atoms with Gasteiger partial charge in [-0.25, -0.2) is 4.79 Å². The van der Waals surface area contributed by atoms with Crippen molar-refractivity contribution in [3.05, 3.63) is 53.5 Å². The fraction of sp³-hybridized carbons (Fsp3) is 0.143. The van der Waals surface area contributed by atoms with Gasteiger partial charge < -0.3 is 13.9 Å². The molecule has 5 nitrogen and oxygen atoms in total. The second kappa shape index (κ2) is 5.86. The Morgan fingerprint density at radius 2 is 1.95 bits per heavy atom. The Hall–Kier alpha value is -2.56. The standard InChI is InChI=1S/C14H12O5/c1-17-14(16)10-2-4-11(5-3-10)18-9-13-7-6-12(8-15)19-13/h2-8H,9H2,1H3. The monoisotopic (exact) mass is 260 g/mol. The number of esters is 1. The second-order valence-corrected chi connectivity index (χ2v) is 3.73. The molecule has 0 aliphatic carbocycles. The molecule has 0 amide bonds. The van der Waals surface area contributed by atoms with Gasteiger partial charge in [0.1, 0.15) is 18.1 Å². The molecule has 1 aromatic heterocycles. The van der Waals surface area contributed by atoms with E-state index in [-0.39, 0.29) is 12.4 Å². The molecule has 0 saturated heterocycles. The third kappa shape index (κ3) is 3.22. The summed E-state index contributed by atoms with van der Waals surface area (Å²) in [6, 6.07) is 9.80. The van der Waals surface area contributed by atoms with Gasteiger partial charge in [0.05, 0.1) is 12.7 Å². The molecule has 98 valence electrons. The summed E-state index contributed by atoms with van der Waals surface area (Å²) in [5.74, 6) is 1.02. The molecule has 1 aromatic carbocycles. The van der Waals surface area contributed by atoms with Crippen LogP contribution < -0.4 is 4.74 Å². The maximum absolute atomic E-state index is 11.2. The van der Waals surface area contributed by atoms with Crippen LogP contribution in [-0.4, -0.2) is 19.4 Å². The first kappa shape index (κ1) is 12.9. The number of carbonyl (C=O) groups is 2. The summed E-state index contributed by atoms with van der Waals surface area (Å²) in [6.45, 7) is 0.214. The van der Waals surface area contributed by atoms with Crippen LogP contribution in [0.4, 0.5) is 0 Å². The van der Waals surface area contributed by atoms with Crippen LogP contribution in [0, 0.1) is 0 Å². The van der Waals surface area contributed by atoms with Crippen molar-refractivity contribution in [2.45, 2.75) is 6.61 Å². The zero-order valence-electron chi connectivity index (χ0n) is 10.3. The lowest BCUT2D eigenvalue weighted by Crippen LogP contribution is -2.01. The highest BCUT2D eigenvalue weighted by molar-refractivity contribution is 5.89. The third-order valence-corrected chi connectivity index (χ3v) is 2.46. The van der Waals surface area contributed by atoms with E-state index in [1.165, 1.54) is 7.11 Å². The molecule has 0 unspecified atom stereocenters. The molecule has 5 heteroatoms. The van der Waals surface area contributed by atoms with Crippen LogP contribution >= 0.6 is 0 Å². The third-order valence-electron chi connectivity index (χ3n) is 2.46. The van der Waals surface area contributed by atoms with E-state index in [1.807, 2.05) is 0 Å². The lowest BCUT2D eigenvalue weighted by molar-refractivity contribution is 0.0600. The van der Waals surface area contributed by atoms with Gasteiger partial charge in [-0.1, -0.05) is 0 Å². The van der Waals surface area contributed by atoms with E-state index >= 15 is 0 Å². The molecule has 0 fully saturated rings. The van der Waals surface area contributed by atoms with Gasteiger partial charge in [-0.15, -0.1) is 0 Å². The van der Waals surface area contributed by atoms with Crippen molar-refractivity contribution >= 4 is 12.3 Å². The number of hydrogen-bond acceptors (Lipinski definition) is 5. The first-order valence-corrected chi connectivity index (χ1v) is 5.58. The molecule has 0 saturated carbocycles. The maximum Gasteiger partial charge on any atom is 0.337 e. The number of ether oxygens (including phenoxy) is 2. The van der Waals surface area contributed by atoms with Gasteiger partial charge in [-0.05, 0) is 36.4 Å². The summed E-state index contributed by atoms with van der Waals surface area (Å²) in [5, 5.41) is 0. The van der Waals surface area contributed by atoms with E-state index in [0.29, 0.717) is 23.4 Å². The zero-order valence-corrected chi connectivity index (χ0v) is 10.3. The molecule has 0 radical (unpaired) electrons. The Balaban J connectivity index is 1.96. The first-order valence-electron chi connectivity index (χ1n) is 5.58. The summed E-state index contributed by atoms with van der Waals surface area (Å²) in [7, 11) is 1.33. The summed E-state index contributed by atoms with van der Waals surface area (Å²) in [4.78, 5) is 21.7. The number of furan rings is 1. The molecular weight excluding hydrogens is 248 g/mol. The van der Waals surface area contributed by atoms with Gasteiger partial charge in [0.25, 0.3) is 0 Å². The van der Waals surface area contributed by atoms with Gasteiger partial charge in [0, 0.05) is 0 Å². The minimum absolute atomic E-state index is 0.214. The molecule has 0 N–H and O–H groups in total. The molecular formula is C14H12O5. The van der Waals surface area contributed by atoms with Crippen molar-refractivity contribution in [2.24, 2.45) is 0 Å². The van der Waals surface area contributed by atoms with E-state index < -0.39 is 5.97 Å². The van der Waals surface area contributed by atoms with Gasteiger partial charge >= 0.3 is 5.97 Å². The highest BCUT2D eigenvalue weighted by atomic mass is 16.5. The van der Waals surface area contributed by atoms with Crippen molar-refractivity contribution in [3.63, 3.8) is 0 Å². The summed E-state index contributed by atoms with van der Waals surface area (Å²) >= 11 is 0. The van der Waals surface area contributed by atoms with Crippen molar-refractivity contribution in [1.82, 2.24) is 0 Å². The summed E-state index contributed by atoms with van der Waals surface area (Å²) in [5.41, 5.74) is 0.455. The van der Waals surface area contributed by atoms with Crippen LogP contribution in [0.25, 0.3) is 0 Å². The van der Waals surface area contributed by atoms with E-state index in [4.69, 9.17) is 9.15 Å². The largest absolute Gasteiger partial charge is 0.486 e. The average Bonchev–Trinajstić information content (AvgIpc) is 2.93. The fourth-order valence-electron chi connectivity index (χ4n) is 1.49. The lowest BCUT2D eigenvalue weighted by atomic mass is 10.2. The Kier molecular flexibility index (Phi) is 3.97. The predicted octanol–water partition coefficient (Wildman–Crippen LogP) is 2.46. The van der Waals surface area contributed by atoms with Crippen LogP contribution in [0.2, 0.25) is 0 Å². The minimum atomic E-state index is -0.395. The molecule has 0 atom stereocenters. The normalized spacial score (nSPS) is 9.95. The Labute approximate surface area is 109 Å². The number of methoxy groups -OCH3 is 1. The Morgan fingerprint density at radius 3 is 2.53 bits per heavy atom. The van der Waals surface area contributed by atoms with Crippen LogP contribution in [-0.2, 0) is 11.3 Å². The van der Waals surface area contributed by atoms with Crippen LogP contribution in [0.5, 0.6) is 5.75 Å². The van der Waals surface area contributed by atoms with Gasteiger partial charge in [-0.3, -0.25) is 4.79 Å². The number of aldehydes is 1. The van der Waals surface area contributed by atoms with Crippen LogP contribution in [0.3, 0.4) is 0 Å². The van der Waals surface area contributed by atoms with Crippen molar-refractivity contribution in [1.29, 1.82) is 0 Å². The summed E-state index contributed by atoms with van der Waals surface area (Å²) in [6.07, 6.45) is 0.634. The number of benzene rings is 1. The van der Waals surface area contributed by atoms with Crippen LogP contribution in [0.15, 0.2) is 40.8 Å². The van der Waals surface area contributed by atoms with Gasteiger partial charge in [0.2, 0.25) is 0 Å².